The summed E-state index contributed by atoms with van der Waals surface area (Å²) in [5.74, 6) is 0. The van der Waals surface area contributed by atoms with Gasteiger partial charge in [0.1, 0.15) is 18.4 Å². The zero-order chi connectivity index (χ0) is 7.72. The summed E-state index contributed by atoms with van der Waals surface area (Å²) in [6, 6.07) is 0. The Balaban J connectivity index is 2.52. The van der Waals surface area contributed by atoms with Crippen LogP contribution in [0.4, 0.5) is 0 Å². The molecule has 0 amide bonds. The first kappa shape index (κ1) is 7.90. The maximum atomic E-state index is 8.92. The van der Waals surface area contributed by atoms with Crippen molar-refractivity contribution in [1.82, 2.24) is 5.32 Å². The molecule has 0 aromatic heterocycles. The predicted octanol–water partition coefficient (Wildman–Crippen LogP) is -3.01. The fourth-order valence-electron chi connectivity index (χ4n) is 0.897. The smallest absolute Gasteiger partial charge is 0.133 e. The maximum absolute atomic E-state index is 8.92. The third-order valence-corrected chi connectivity index (χ3v) is 1.60. The van der Waals surface area contributed by atoms with E-state index in [4.69, 9.17) is 20.4 Å². The Kier molecular flexibility index (Phi) is 2.22. The average Bonchev–Trinajstić information content (AvgIpc) is 1.93. The molecule has 4 atom stereocenters. The topological polar surface area (TPSA) is 93.0 Å². The van der Waals surface area contributed by atoms with Crippen LogP contribution in [0.15, 0.2) is 0 Å². The average molecular weight is 149 g/mol. The van der Waals surface area contributed by atoms with Gasteiger partial charge in [0.05, 0.1) is 6.10 Å². The summed E-state index contributed by atoms with van der Waals surface area (Å²) in [5.41, 5.74) is 0. The molecule has 0 aromatic rings. The highest BCUT2D eigenvalue weighted by atomic mass is 16.4. The van der Waals surface area contributed by atoms with Crippen molar-refractivity contribution < 1.29 is 20.4 Å². The maximum Gasteiger partial charge on any atom is 0.133 e. The number of aliphatic hydroxyl groups is 4. The van der Waals surface area contributed by atoms with Crippen LogP contribution >= 0.6 is 0 Å². The summed E-state index contributed by atoms with van der Waals surface area (Å²) in [7, 11) is 0. The third-order valence-electron chi connectivity index (χ3n) is 1.60. The van der Waals surface area contributed by atoms with E-state index in [1.807, 2.05) is 0 Å². The Hall–Kier alpha value is -0.200. The van der Waals surface area contributed by atoms with Crippen molar-refractivity contribution in [2.45, 2.75) is 24.5 Å². The lowest BCUT2D eigenvalue weighted by atomic mass is 10.0. The first-order chi connectivity index (χ1) is 4.63. The van der Waals surface area contributed by atoms with Crippen molar-refractivity contribution in [3.05, 3.63) is 0 Å². The second kappa shape index (κ2) is 2.81. The van der Waals surface area contributed by atoms with Gasteiger partial charge in [-0.2, -0.15) is 0 Å². The summed E-state index contributed by atoms with van der Waals surface area (Å²) in [6.45, 7) is 0.0966. The van der Waals surface area contributed by atoms with E-state index in [-0.39, 0.29) is 6.54 Å². The monoisotopic (exact) mass is 149 g/mol. The molecule has 0 unspecified atom stereocenters. The van der Waals surface area contributed by atoms with Gasteiger partial charge in [-0.1, -0.05) is 0 Å². The molecule has 5 nitrogen and oxygen atoms in total. The molecule has 1 saturated heterocycles. The summed E-state index contributed by atoms with van der Waals surface area (Å²) in [4.78, 5) is 0. The van der Waals surface area contributed by atoms with Crippen LogP contribution in [0.1, 0.15) is 0 Å². The van der Waals surface area contributed by atoms with Gasteiger partial charge in [-0.25, -0.2) is 0 Å². The summed E-state index contributed by atoms with van der Waals surface area (Å²) in [5, 5.41) is 37.9. The predicted molar refractivity (Wildman–Crippen MR) is 32.0 cm³/mol. The zero-order valence-electron chi connectivity index (χ0n) is 5.31. The number of rotatable bonds is 0. The second-order valence-corrected chi connectivity index (χ2v) is 2.40. The van der Waals surface area contributed by atoms with Crippen molar-refractivity contribution in [1.29, 1.82) is 0 Å². The molecule has 60 valence electrons. The van der Waals surface area contributed by atoms with E-state index < -0.39 is 24.5 Å². The van der Waals surface area contributed by atoms with Gasteiger partial charge in [0, 0.05) is 6.54 Å². The summed E-state index contributed by atoms with van der Waals surface area (Å²) in [6.07, 6.45) is -4.70. The molecular weight excluding hydrogens is 138 g/mol. The quantitative estimate of drug-likeness (QED) is 0.253. The summed E-state index contributed by atoms with van der Waals surface area (Å²) >= 11 is 0. The van der Waals surface area contributed by atoms with Crippen molar-refractivity contribution in [3.63, 3.8) is 0 Å². The largest absolute Gasteiger partial charge is 0.389 e. The molecule has 0 aromatic carbocycles. The van der Waals surface area contributed by atoms with Crippen LogP contribution in [-0.4, -0.2) is 51.5 Å². The van der Waals surface area contributed by atoms with Gasteiger partial charge in [0.25, 0.3) is 0 Å². The number of β-amino-alcohol motifs (C(OH)–C–C–N with tert-alkyl or cyclic N) is 1. The van der Waals surface area contributed by atoms with Crippen molar-refractivity contribution >= 4 is 0 Å². The zero-order valence-corrected chi connectivity index (χ0v) is 5.31. The van der Waals surface area contributed by atoms with E-state index >= 15 is 0 Å². The summed E-state index contributed by atoms with van der Waals surface area (Å²) < 4.78 is 0. The SMILES string of the molecule is O[C@@H]1[C@H](O)[C@@H](O)NC[C@@H]1O. The Labute approximate surface area is 57.9 Å². The van der Waals surface area contributed by atoms with Crippen LogP contribution in [0.25, 0.3) is 0 Å². The van der Waals surface area contributed by atoms with Gasteiger partial charge in [-0.3, -0.25) is 5.32 Å². The van der Waals surface area contributed by atoms with Crippen molar-refractivity contribution in [2.24, 2.45) is 0 Å². The van der Waals surface area contributed by atoms with Crippen LogP contribution in [0, 0.1) is 0 Å². The van der Waals surface area contributed by atoms with Crippen molar-refractivity contribution in [2.75, 3.05) is 6.54 Å². The lowest BCUT2D eigenvalue weighted by molar-refractivity contribution is -0.139. The van der Waals surface area contributed by atoms with Gasteiger partial charge in [0.2, 0.25) is 0 Å². The van der Waals surface area contributed by atoms with E-state index in [1.54, 1.807) is 0 Å². The highest BCUT2D eigenvalue weighted by Gasteiger charge is 2.34. The fourth-order valence-corrected chi connectivity index (χ4v) is 0.897. The molecule has 0 bridgehead atoms. The van der Waals surface area contributed by atoms with Gasteiger partial charge in [0.15, 0.2) is 0 Å². The molecule has 1 heterocycles. The van der Waals surface area contributed by atoms with Gasteiger partial charge in [-0.05, 0) is 0 Å². The molecule has 1 rings (SSSR count). The van der Waals surface area contributed by atoms with Gasteiger partial charge in [-0.15, -0.1) is 0 Å². The minimum Gasteiger partial charge on any atom is -0.389 e. The Morgan fingerprint density at radius 3 is 2.10 bits per heavy atom. The molecule has 0 radical (unpaired) electrons. The van der Waals surface area contributed by atoms with Crippen LogP contribution in [0.5, 0.6) is 0 Å². The molecular formula is C5H11NO4. The third kappa shape index (κ3) is 1.28. The highest BCUT2D eigenvalue weighted by Crippen LogP contribution is 2.07. The van der Waals surface area contributed by atoms with Gasteiger partial charge < -0.3 is 20.4 Å². The molecule has 5 N–H and O–H groups in total. The normalized spacial score (nSPS) is 49.2. The fraction of sp³-hybridized carbons (Fsp3) is 1.00. The number of hydrogen-bond acceptors (Lipinski definition) is 5. The van der Waals surface area contributed by atoms with E-state index in [1.165, 1.54) is 0 Å². The van der Waals surface area contributed by atoms with Crippen LogP contribution in [-0.2, 0) is 0 Å². The molecule has 0 saturated carbocycles. The molecule has 0 aliphatic carbocycles. The first-order valence-electron chi connectivity index (χ1n) is 3.08. The first-order valence-corrected chi connectivity index (χ1v) is 3.08. The van der Waals surface area contributed by atoms with Gasteiger partial charge >= 0.3 is 0 Å². The lowest BCUT2D eigenvalue weighted by Gasteiger charge is -2.32. The van der Waals surface area contributed by atoms with E-state index in [0.717, 1.165) is 0 Å². The number of hydrogen-bond donors (Lipinski definition) is 5. The minimum absolute atomic E-state index is 0.0966. The standard InChI is InChI=1S/C5H11NO4/c7-2-1-6-5(10)4(9)3(2)8/h2-10H,1H2/t2-,3-,4-,5+/m0/s1. The molecule has 1 aliphatic heterocycles. The second-order valence-electron chi connectivity index (χ2n) is 2.40. The van der Waals surface area contributed by atoms with Crippen LogP contribution in [0.2, 0.25) is 0 Å². The van der Waals surface area contributed by atoms with E-state index in [9.17, 15) is 0 Å². The number of aliphatic hydroxyl groups excluding tert-OH is 4. The van der Waals surface area contributed by atoms with Crippen LogP contribution in [0.3, 0.4) is 0 Å². The molecule has 5 heteroatoms. The number of nitrogens with one attached hydrogen (secondary N) is 1. The molecule has 0 spiro atoms. The lowest BCUT2D eigenvalue weighted by Crippen LogP contribution is -2.59. The number of piperidine rings is 1. The Morgan fingerprint density at radius 2 is 1.60 bits per heavy atom. The van der Waals surface area contributed by atoms with E-state index in [0.29, 0.717) is 0 Å². The Bertz CT molecular complexity index is 106. The minimum atomic E-state index is -1.30. The highest BCUT2D eigenvalue weighted by molar-refractivity contribution is 4.86. The Morgan fingerprint density at radius 1 is 1.00 bits per heavy atom. The van der Waals surface area contributed by atoms with Crippen LogP contribution < -0.4 is 5.32 Å². The molecule has 10 heavy (non-hydrogen) atoms. The van der Waals surface area contributed by atoms with Crippen molar-refractivity contribution in [3.8, 4) is 0 Å². The van der Waals surface area contributed by atoms with E-state index in [2.05, 4.69) is 5.32 Å². The molecule has 1 fully saturated rings. The molecule has 1 aliphatic rings.